The van der Waals surface area contributed by atoms with Gasteiger partial charge in [0.1, 0.15) is 11.4 Å². The lowest BCUT2D eigenvalue weighted by molar-refractivity contribution is 0.100. The number of amides is 1. The average molecular weight is 433 g/mol. The molecular weight excluding hydrogens is 408 g/mol. The van der Waals surface area contributed by atoms with E-state index in [9.17, 15) is 13.2 Å². The van der Waals surface area contributed by atoms with Crippen LogP contribution in [0.5, 0.6) is 0 Å². The lowest BCUT2D eigenvalue weighted by Crippen LogP contribution is -2.37. The third-order valence-corrected chi connectivity index (χ3v) is 5.97. The van der Waals surface area contributed by atoms with Crippen LogP contribution in [-0.2, 0) is 10.1 Å². The molecule has 160 valence electrons. The van der Waals surface area contributed by atoms with Crippen LogP contribution in [0.4, 0.5) is 0 Å². The van der Waals surface area contributed by atoms with E-state index in [0.717, 1.165) is 29.5 Å². The second kappa shape index (κ2) is 8.52. The maximum Gasteiger partial charge on any atom is 0.278 e. The standard InChI is InChI=1S/C20H22N4O4S.H2O/c21-20(25)18-5-1-3-16-12-24(22-19(16)18)17-8-6-14(7-9-17)15-4-2-10-23(11-15)13-29(26,27)28;/h1,3,5-9,12,15H,2,4,10-11,13H2,(H2,21,25)(H,26,27,28);1H2/t15-;/m1./s1. The number of aromatic nitrogens is 2. The number of hydrogen-bond donors (Lipinski definition) is 2. The second-order valence-electron chi connectivity index (χ2n) is 7.40. The van der Waals surface area contributed by atoms with Gasteiger partial charge in [0, 0.05) is 18.1 Å². The molecule has 0 unspecified atom stereocenters. The third kappa shape index (κ3) is 4.68. The highest BCUT2D eigenvalue weighted by Crippen LogP contribution is 2.28. The van der Waals surface area contributed by atoms with Crippen LogP contribution in [0.3, 0.4) is 0 Å². The molecule has 1 aliphatic heterocycles. The van der Waals surface area contributed by atoms with Gasteiger partial charge in [-0.25, -0.2) is 4.68 Å². The summed E-state index contributed by atoms with van der Waals surface area (Å²) in [5, 5.41) is 5.34. The minimum atomic E-state index is -4.01. The Bertz CT molecular complexity index is 1160. The predicted molar refractivity (Wildman–Crippen MR) is 113 cm³/mol. The molecule has 0 spiro atoms. The van der Waals surface area contributed by atoms with Crippen molar-refractivity contribution in [1.82, 2.24) is 14.7 Å². The Kier molecular flexibility index (Phi) is 6.22. The lowest BCUT2D eigenvalue weighted by Gasteiger charge is -2.32. The summed E-state index contributed by atoms with van der Waals surface area (Å²) in [6.07, 6.45) is 3.70. The minimum absolute atomic E-state index is 0. The molecule has 1 fully saturated rings. The van der Waals surface area contributed by atoms with Gasteiger partial charge in [-0.1, -0.05) is 24.3 Å². The average Bonchev–Trinajstić information content (AvgIpc) is 3.11. The molecule has 1 atom stereocenters. The first-order valence-electron chi connectivity index (χ1n) is 9.36. The van der Waals surface area contributed by atoms with Crippen LogP contribution in [0, 0.1) is 0 Å². The van der Waals surface area contributed by atoms with E-state index in [2.05, 4.69) is 5.10 Å². The summed E-state index contributed by atoms with van der Waals surface area (Å²) in [6, 6.07) is 13.2. The van der Waals surface area contributed by atoms with Crippen LogP contribution in [0.2, 0.25) is 0 Å². The number of nitrogens with two attached hydrogens (primary N) is 1. The SMILES string of the molecule is NC(=O)c1cccc2cn(-c3ccc([C@@H]4CCCN(CS(=O)(=O)O)C4)cc3)nc12.O. The molecule has 3 aromatic rings. The van der Waals surface area contributed by atoms with Crippen LogP contribution in [-0.4, -0.2) is 58.0 Å². The third-order valence-electron chi connectivity index (χ3n) is 5.28. The Hall–Kier alpha value is -2.79. The van der Waals surface area contributed by atoms with Gasteiger partial charge in [0.15, 0.2) is 0 Å². The Morgan fingerprint density at radius 1 is 1.20 bits per heavy atom. The number of carbonyl (C=O) groups is 1. The first kappa shape index (κ1) is 21.9. The smallest absolute Gasteiger partial charge is 0.278 e. The summed E-state index contributed by atoms with van der Waals surface area (Å²) in [6.45, 7) is 1.25. The van der Waals surface area contributed by atoms with Gasteiger partial charge in [0.25, 0.3) is 16.0 Å². The fraction of sp³-hybridized carbons (Fsp3) is 0.300. The Morgan fingerprint density at radius 2 is 1.93 bits per heavy atom. The molecule has 2 heterocycles. The number of hydrogen-bond acceptors (Lipinski definition) is 5. The van der Waals surface area contributed by atoms with Gasteiger partial charge >= 0.3 is 0 Å². The summed E-state index contributed by atoms with van der Waals surface area (Å²) in [5.74, 6) is -0.635. The van der Waals surface area contributed by atoms with Gasteiger partial charge < -0.3 is 11.2 Å². The minimum Gasteiger partial charge on any atom is -0.412 e. The van der Waals surface area contributed by atoms with Crippen LogP contribution in [0.25, 0.3) is 16.6 Å². The fourth-order valence-electron chi connectivity index (χ4n) is 3.95. The van der Waals surface area contributed by atoms with E-state index in [-0.39, 0.29) is 17.3 Å². The van der Waals surface area contributed by atoms with Crippen molar-refractivity contribution in [1.29, 1.82) is 0 Å². The molecule has 1 amide bonds. The summed E-state index contributed by atoms with van der Waals surface area (Å²) in [4.78, 5) is 13.4. The Morgan fingerprint density at radius 3 is 2.60 bits per heavy atom. The summed E-state index contributed by atoms with van der Waals surface area (Å²) in [5.41, 5.74) is 8.36. The summed E-state index contributed by atoms with van der Waals surface area (Å²) < 4.78 is 33.1. The molecule has 1 aromatic heterocycles. The van der Waals surface area contributed by atoms with E-state index in [1.807, 2.05) is 36.5 Å². The van der Waals surface area contributed by atoms with Gasteiger partial charge in [-0.05, 0) is 49.1 Å². The predicted octanol–water partition coefficient (Wildman–Crippen LogP) is 1.32. The van der Waals surface area contributed by atoms with E-state index < -0.39 is 16.0 Å². The first-order chi connectivity index (χ1) is 13.8. The van der Waals surface area contributed by atoms with Gasteiger partial charge in [-0.15, -0.1) is 0 Å². The fourth-order valence-corrected chi connectivity index (χ4v) is 4.65. The van der Waals surface area contributed by atoms with Crippen molar-refractivity contribution in [2.75, 3.05) is 19.0 Å². The Labute approximate surface area is 174 Å². The zero-order valence-corrected chi connectivity index (χ0v) is 17.0. The monoisotopic (exact) mass is 432 g/mol. The number of benzene rings is 2. The molecule has 0 radical (unpaired) electrons. The molecule has 4 rings (SSSR count). The zero-order chi connectivity index (χ0) is 20.6. The molecule has 5 N–H and O–H groups in total. The zero-order valence-electron chi connectivity index (χ0n) is 16.2. The maximum atomic E-state index is 11.6. The molecule has 1 aliphatic rings. The van der Waals surface area contributed by atoms with Crippen molar-refractivity contribution in [3.63, 3.8) is 0 Å². The highest BCUT2D eigenvalue weighted by Gasteiger charge is 2.24. The lowest BCUT2D eigenvalue weighted by atomic mass is 9.91. The van der Waals surface area contributed by atoms with Crippen LogP contribution >= 0.6 is 0 Å². The van der Waals surface area contributed by atoms with E-state index in [0.29, 0.717) is 24.2 Å². The normalized spacial score (nSPS) is 17.6. The topological polar surface area (TPSA) is 150 Å². The number of nitrogens with zero attached hydrogens (tertiary/aromatic N) is 3. The number of likely N-dealkylation sites (tertiary alicyclic amines) is 1. The second-order valence-corrected chi connectivity index (χ2v) is 8.82. The quantitative estimate of drug-likeness (QED) is 0.581. The molecule has 9 nitrogen and oxygen atoms in total. The number of fused-ring (bicyclic) bond motifs is 1. The Balaban J connectivity index is 0.00000256. The van der Waals surface area contributed by atoms with Gasteiger partial charge in [-0.3, -0.25) is 14.2 Å². The van der Waals surface area contributed by atoms with E-state index in [1.165, 1.54) is 0 Å². The molecular formula is C20H24N4O5S. The first-order valence-corrected chi connectivity index (χ1v) is 11.0. The van der Waals surface area contributed by atoms with Gasteiger partial charge in [0.2, 0.25) is 0 Å². The molecule has 0 bridgehead atoms. The van der Waals surface area contributed by atoms with Crippen molar-refractivity contribution < 1.29 is 23.2 Å². The van der Waals surface area contributed by atoms with E-state index >= 15 is 0 Å². The molecule has 2 aromatic carbocycles. The highest BCUT2D eigenvalue weighted by atomic mass is 32.2. The van der Waals surface area contributed by atoms with Crippen molar-refractivity contribution in [2.24, 2.45) is 5.73 Å². The molecule has 0 saturated carbocycles. The van der Waals surface area contributed by atoms with Crippen LogP contribution in [0.15, 0.2) is 48.7 Å². The summed E-state index contributed by atoms with van der Waals surface area (Å²) >= 11 is 0. The van der Waals surface area contributed by atoms with E-state index in [1.54, 1.807) is 21.7 Å². The largest absolute Gasteiger partial charge is 0.412 e. The van der Waals surface area contributed by atoms with Crippen LogP contribution < -0.4 is 5.73 Å². The highest BCUT2D eigenvalue weighted by molar-refractivity contribution is 7.85. The van der Waals surface area contributed by atoms with Crippen molar-refractivity contribution in [2.45, 2.75) is 18.8 Å². The van der Waals surface area contributed by atoms with Gasteiger partial charge in [0.05, 0.1) is 11.3 Å². The van der Waals surface area contributed by atoms with Crippen molar-refractivity contribution in [3.8, 4) is 5.69 Å². The molecule has 1 saturated heterocycles. The van der Waals surface area contributed by atoms with Crippen molar-refractivity contribution >= 4 is 26.9 Å². The molecule has 0 aliphatic carbocycles. The number of piperidine rings is 1. The summed E-state index contributed by atoms with van der Waals surface area (Å²) in [7, 11) is -4.01. The van der Waals surface area contributed by atoms with E-state index in [4.69, 9.17) is 10.3 Å². The van der Waals surface area contributed by atoms with Crippen molar-refractivity contribution in [3.05, 3.63) is 59.8 Å². The van der Waals surface area contributed by atoms with Gasteiger partial charge in [-0.2, -0.15) is 13.5 Å². The van der Waals surface area contributed by atoms with Crippen LogP contribution in [0.1, 0.15) is 34.7 Å². The maximum absolute atomic E-state index is 11.6. The number of carbonyl (C=O) groups excluding carboxylic acids is 1. The molecule has 30 heavy (non-hydrogen) atoms. The number of rotatable bonds is 5. The number of primary amides is 1. The molecule has 10 heteroatoms.